The van der Waals surface area contributed by atoms with E-state index in [4.69, 9.17) is 0 Å². The minimum Gasteiger partial charge on any atom is -0.352 e. The maximum absolute atomic E-state index is 13.3. The number of aryl methyl sites for hydroxylation is 1. The van der Waals surface area contributed by atoms with E-state index in [0.717, 1.165) is 18.4 Å². The van der Waals surface area contributed by atoms with Crippen molar-refractivity contribution in [3.05, 3.63) is 35.4 Å². The molecule has 1 N–H and O–H groups in total. The molecule has 1 saturated heterocycles. The van der Waals surface area contributed by atoms with Gasteiger partial charge in [0.2, 0.25) is 5.91 Å². The Bertz CT molecular complexity index is 638. The molecule has 5 heteroatoms. The summed E-state index contributed by atoms with van der Waals surface area (Å²) in [6.07, 6.45) is 6.08. The topological polar surface area (TPSA) is 49.4 Å². The summed E-state index contributed by atoms with van der Waals surface area (Å²) in [7, 11) is 0. The monoisotopic (exact) mass is 374 g/mol. The van der Waals surface area contributed by atoms with Gasteiger partial charge in [0.05, 0.1) is 5.37 Å². The van der Waals surface area contributed by atoms with Crippen LogP contribution in [0.2, 0.25) is 0 Å². The molecule has 1 aliphatic heterocycles. The van der Waals surface area contributed by atoms with Gasteiger partial charge in [-0.1, -0.05) is 37.0 Å². The first-order valence-electron chi connectivity index (χ1n) is 9.78. The van der Waals surface area contributed by atoms with E-state index in [9.17, 15) is 9.59 Å². The van der Waals surface area contributed by atoms with Crippen LogP contribution < -0.4 is 5.32 Å². The molecule has 0 radical (unpaired) electrons. The van der Waals surface area contributed by atoms with Crippen LogP contribution in [0.3, 0.4) is 0 Å². The number of amides is 2. The minimum absolute atomic E-state index is 0.00511. The van der Waals surface area contributed by atoms with Crippen molar-refractivity contribution in [2.75, 3.05) is 5.75 Å². The molecule has 0 bridgehead atoms. The van der Waals surface area contributed by atoms with Crippen molar-refractivity contribution in [1.29, 1.82) is 0 Å². The summed E-state index contributed by atoms with van der Waals surface area (Å²) < 4.78 is 0. The molecule has 1 aromatic carbocycles. The second kappa shape index (κ2) is 8.47. The third-order valence-electron chi connectivity index (χ3n) is 5.35. The number of hydrogen-bond donors (Lipinski definition) is 1. The Morgan fingerprint density at radius 1 is 1.12 bits per heavy atom. The summed E-state index contributed by atoms with van der Waals surface area (Å²) in [4.78, 5) is 28.0. The Balaban J connectivity index is 1.86. The fraction of sp³-hybridized carbons (Fsp3) is 0.619. The van der Waals surface area contributed by atoms with E-state index in [2.05, 4.69) is 5.32 Å². The van der Waals surface area contributed by atoms with Gasteiger partial charge >= 0.3 is 0 Å². The smallest absolute Gasteiger partial charge is 0.255 e. The summed E-state index contributed by atoms with van der Waals surface area (Å²) in [5.74, 6) is 1.16. The summed E-state index contributed by atoms with van der Waals surface area (Å²) in [6.45, 7) is 5.94. The van der Waals surface area contributed by atoms with Gasteiger partial charge in [-0.25, -0.2) is 0 Å². The van der Waals surface area contributed by atoms with Crippen LogP contribution in [0.25, 0.3) is 0 Å². The summed E-state index contributed by atoms with van der Waals surface area (Å²) in [5.41, 5.74) is 1.82. The molecule has 0 aromatic heterocycles. The lowest BCUT2D eigenvalue weighted by molar-refractivity contribution is -0.125. The molecule has 1 heterocycles. The van der Waals surface area contributed by atoms with E-state index >= 15 is 0 Å². The van der Waals surface area contributed by atoms with Crippen molar-refractivity contribution in [3.8, 4) is 0 Å². The zero-order valence-electron chi connectivity index (χ0n) is 16.0. The van der Waals surface area contributed by atoms with Gasteiger partial charge in [0.15, 0.2) is 0 Å². The zero-order valence-corrected chi connectivity index (χ0v) is 16.8. The van der Waals surface area contributed by atoms with Crippen molar-refractivity contribution in [2.24, 2.45) is 5.92 Å². The molecule has 1 saturated carbocycles. The first-order chi connectivity index (χ1) is 12.5. The molecule has 1 aromatic rings. The van der Waals surface area contributed by atoms with E-state index in [1.54, 1.807) is 11.8 Å². The molecule has 1 aliphatic carbocycles. The largest absolute Gasteiger partial charge is 0.352 e. The first-order valence-corrected chi connectivity index (χ1v) is 10.8. The lowest BCUT2D eigenvalue weighted by Gasteiger charge is -2.35. The molecule has 0 unspecified atom stereocenters. The third kappa shape index (κ3) is 4.25. The first kappa shape index (κ1) is 19.3. The Labute approximate surface area is 161 Å². The lowest BCUT2D eigenvalue weighted by Crippen LogP contribution is -2.52. The standard InChI is InChI=1S/C21H30N2O2S/c1-14(2)22-19(24)18-13-26-21(17-7-5-4-6-8-17)23(18)20(25)16-11-9-15(3)10-12-16/h9-12,14,17-18,21H,4-8,13H2,1-3H3,(H,22,24)/t18-,21+/m1/s1. The highest BCUT2D eigenvalue weighted by Crippen LogP contribution is 2.41. The quantitative estimate of drug-likeness (QED) is 0.867. The molecule has 4 nitrogen and oxygen atoms in total. The van der Waals surface area contributed by atoms with Crippen LogP contribution in [-0.2, 0) is 4.79 Å². The maximum Gasteiger partial charge on any atom is 0.255 e. The number of nitrogens with one attached hydrogen (secondary N) is 1. The van der Waals surface area contributed by atoms with E-state index in [-0.39, 0.29) is 29.3 Å². The molecule has 3 rings (SSSR count). The summed E-state index contributed by atoms with van der Waals surface area (Å²) in [6, 6.07) is 7.41. The van der Waals surface area contributed by atoms with Crippen molar-refractivity contribution in [3.63, 3.8) is 0 Å². The van der Waals surface area contributed by atoms with E-state index < -0.39 is 0 Å². The lowest BCUT2D eigenvalue weighted by atomic mass is 9.88. The van der Waals surface area contributed by atoms with Gasteiger partial charge < -0.3 is 10.2 Å². The van der Waals surface area contributed by atoms with Crippen molar-refractivity contribution < 1.29 is 9.59 Å². The average Bonchev–Trinajstić information content (AvgIpc) is 3.07. The zero-order chi connectivity index (χ0) is 18.7. The van der Waals surface area contributed by atoms with Crippen LogP contribution >= 0.6 is 11.8 Å². The van der Waals surface area contributed by atoms with Gasteiger partial charge in [0.1, 0.15) is 6.04 Å². The van der Waals surface area contributed by atoms with E-state index in [0.29, 0.717) is 17.2 Å². The third-order valence-corrected chi connectivity index (χ3v) is 6.82. The Morgan fingerprint density at radius 2 is 1.77 bits per heavy atom. The van der Waals surface area contributed by atoms with Crippen molar-refractivity contribution in [2.45, 2.75) is 70.3 Å². The minimum atomic E-state index is -0.372. The van der Waals surface area contributed by atoms with Gasteiger partial charge in [0, 0.05) is 17.4 Å². The van der Waals surface area contributed by atoms with Crippen LogP contribution in [0.15, 0.2) is 24.3 Å². The van der Waals surface area contributed by atoms with Gasteiger partial charge in [-0.05, 0) is 51.7 Å². The summed E-state index contributed by atoms with van der Waals surface area (Å²) in [5, 5.41) is 3.13. The number of carbonyl (C=O) groups excluding carboxylic acids is 2. The molecule has 2 amide bonds. The van der Waals surface area contributed by atoms with Crippen LogP contribution in [0.4, 0.5) is 0 Å². The molecule has 2 atom stereocenters. The maximum atomic E-state index is 13.3. The van der Waals surface area contributed by atoms with Gasteiger partial charge in [-0.15, -0.1) is 11.8 Å². The predicted molar refractivity (Wildman–Crippen MR) is 107 cm³/mol. The van der Waals surface area contributed by atoms with Gasteiger partial charge in [0.25, 0.3) is 5.91 Å². The fourth-order valence-electron chi connectivity index (χ4n) is 4.00. The highest BCUT2D eigenvalue weighted by molar-refractivity contribution is 8.00. The number of benzene rings is 1. The molecule has 142 valence electrons. The molecule has 0 spiro atoms. The van der Waals surface area contributed by atoms with Crippen LogP contribution in [0.1, 0.15) is 61.9 Å². The van der Waals surface area contributed by atoms with E-state index in [1.807, 2.05) is 49.9 Å². The normalized spacial score (nSPS) is 24.1. The van der Waals surface area contributed by atoms with Crippen molar-refractivity contribution >= 4 is 23.6 Å². The SMILES string of the molecule is Cc1ccc(C(=O)N2[C@@H](C(=O)NC(C)C)CS[C@H]2C2CCCCC2)cc1. The Hall–Kier alpha value is -1.49. The van der Waals surface area contributed by atoms with Gasteiger partial charge in [-0.3, -0.25) is 9.59 Å². The Morgan fingerprint density at radius 3 is 2.38 bits per heavy atom. The predicted octanol–water partition coefficient (Wildman–Crippen LogP) is 3.98. The van der Waals surface area contributed by atoms with E-state index in [1.165, 1.54) is 19.3 Å². The van der Waals surface area contributed by atoms with Gasteiger partial charge in [-0.2, -0.15) is 0 Å². The summed E-state index contributed by atoms with van der Waals surface area (Å²) >= 11 is 1.79. The number of carbonyl (C=O) groups is 2. The second-order valence-electron chi connectivity index (χ2n) is 7.88. The number of thioether (sulfide) groups is 1. The molecule has 2 fully saturated rings. The molecule has 2 aliphatic rings. The van der Waals surface area contributed by atoms with Crippen molar-refractivity contribution in [1.82, 2.24) is 10.2 Å². The van der Waals surface area contributed by atoms with Crippen LogP contribution in [0.5, 0.6) is 0 Å². The number of nitrogens with zero attached hydrogens (tertiary/aromatic N) is 1. The fourth-order valence-corrected chi connectivity index (χ4v) is 5.63. The molecular formula is C21H30N2O2S. The number of hydrogen-bond acceptors (Lipinski definition) is 3. The number of rotatable bonds is 4. The Kier molecular flexibility index (Phi) is 6.28. The highest BCUT2D eigenvalue weighted by Gasteiger charge is 2.45. The molecular weight excluding hydrogens is 344 g/mol. The second-order valence-corrected chi connectivity index (χ2v) is 9.03. The average molecular weight is 375 g/mol. The van der Waals surface area contributed by atoms with Crippen LogP contribution in [0, 0.1) is 12.8 Å². The highest BCUT2D eigenvalue weighted by atomic mass is 32.2. The molecule has 26 heavy (non-hydrogen) atoms. The van der Waals surface area contributed by atoms with Crippen LogP contribution in [-0.4, -0.2) is 39.9 Å².